The number of rotatable bonds is 4. The van der Waals surface area contributed by atoms with E-state index in [0.717, 1.165) is 5.56 Å². The Hall–Kier alpha value is -2.42. The molecule has 3 nitrogen and oxygen atoms in total. The fourth-order valence-electron chi connectivity index (χ4n) is 1.93. The van der Waals surface area contributed by atoms with Crippen LogP contribution in [0.4, 0.5) is 0 Å². The van der Waals surface area contributed by atoms with Gasteiger partial charge in [0.15, 0.2) is 6.10 Å². The fourth-order valence-corrected chi connectivity index (χ4v) is 1.93. The van der Waals surface area contributed by atoms with Crippen LogP contribution >= 0.6 is 0 Å². The number of hydrogen-bond donors (Lipinski definition) is 0. The highest BCUT2D eigenvalue weighted by atomic mass is 16.5. The average Bonchev–Trinajstić information content (AvgIpc) is 2.46. The number of benzene rings is 2. The van der Waals surface area contributed by atoms with Crippen LogP contribution in [-0.2, 0) is 9.53 Å². The van der Waals surface area contributed by atoms with Crippen molar-refractivity contribution in [2.45, 2.75) is 20.0 Å². The number of ketones is 1. The summed E-state index contributed by atoms with van der Waals surface area (Å²) in [4.78, 5) is 23.7. The number of ether oxygens (including phenoxy) is 1. The first-order valence-corrected chi connectivity index (χ1v) is 6.41. The van der Waals surface area contributed by atoms with Gasteiger partial charge in [0.05, 0.1) is 0 Å². The van der Waals surface area contributed by atoms with Gasteiger partial charge in [0.1, 0.15) is 0 Å². The van der Waals surface area contributed by atoms with Crippen LogP contribution in [0.15, 0.2) is 54.6 Å². The fraction of sp³-hybridized carbons (Fsp3) is 0.176. The molecule has 0 aliphatic heterocycles. The summed E-state index contributed by atoms with van der Waals surface area (Å²) in [6.45, 7) is 3.27. The van der Waals surface area contributed by atoms with E-state index in [4.69, 9.17) is 4.74 Å². The highest BCUT2D eigenvalue weighted by molar-refractivity contribution is 6.00. The predicted octanol–water partition coefficient (Wildman–Crippen LogP) is 3.48. The first-order valence-electron chi connectivity index (χ1n) is 6.41. The minimum Gasteiger partial charge on any atom is -0.449 e. The zero-order chi connectivity index (χ0) is 14.5. The molecule has 0 bridgehead atoms. The van der Waals surface area contributed by atoms with Gasteiger partial charge in [-0.05, 0) is 6.92 Å². The van der Waals surface area contributed by atoms with E-state index < -0.39 is 12.1 Å². The molecule has 0 fully saturated rings. The van der Waals surface area contributed by atoms with E-state index in [1.807, 2.05) is 37.3 Å². The second-order valence-electron chi connectivity index (χ2n) is 4.63. The Morgan fingerprint density at radius 3 is 2.10 bits per heavy atom. The lowest BCUT2D eigenvalue weighted by molar-refractivity contribution is -0.144. The van der Waals surface area contributed by atoms with E-state index in [-0.39, 0.29) is 5.78 Å². The number of Topliss-reactive ketones (excluding diaryl/α,β-unsaturated/α-hetero) is 1. The van der Waals surface area contributed by atoms with Crippen LogP contribution in [-0.4, -0.2) is 11.8 Å². The highest BCUT2D eigenvalue weighted by Gasteiger charge is 2.24. The Balaban J connectivity index is 2.35. The number of carbonyl (C=O) groups is 2. The maximum atomic E-state index is 12.5. The minimum absolute atomic E-state index is 0.218. The molecule has 0 N–H and O–H groups in total. The van der Waals surface area contributed by atoms with Crippen LogP contribution in [0.2, 0.25) is 0 Å². The average molecular weight is 268 g/mol. The van der Waals surface area contributed by atoms with E-state index in [9.17, 15) is 9.59 Å². The Morgan fingerprint density at radius 1 is 0.950 bits per heavy atom. The zero-order valence-corrected chi connectivity index (χ0v) is 11.5. The van der Waals surface area contributed by atoms with Crippen molar-refractivity contribution in [2.75, 3.05) is 0 Å². The zero-order valence-electron chi connectivity index (χ0n) is 11.5. The molecule has 3 heteroatoms. The molecule has 20 heavy (non-hydrogen) atoms. The number of carbonyl (C=O) groups excluding carboxylic acids is 2. The Kier molecular flexibility index (Phi) is 4.31. The molecule has 0 aliphatic carbocycles. The molecule has 2 aromatic rings. The molecule has 0 saturated carbocycles. The van der Waals surface area contributed by atoms with Crippen molar-refractivity contribution in [1.82, 2.24) is 0 Å². The summed E-state index contributed by atoms with van der Waals surface area (Å²) in [7, 11) is 0. The van der Waals surface area contributed by atoms with Crippen LogP contribution in [0.25, 0.3) is 0 Å². The third-order valence-corrected chi connectivity index (χ3v) is 2.96. The molecule has 0 radical (unpaired) electrons. The molecule has 1 atom stereocenters. The molecule has 2 rings (SSSR count). The van der Waals surface area contributed by atoms with Gasteiger partial charge in [-0.3, -0.25) is 9.59 Å². The lowest BCUT2D eigenvalue weighted by Gasteiger charge is -2.16. The quantitative estimate of drug-likeness (QED) is 0.630. The first kappa shape index (κ1) is 14.0. The lowest BCUT2D eigenvalue weighted by Crippen LogP contribution is -2.18. The molecule has 0 spiro atoms. The third kappa shape index (κ3) is 3.32. The molecular formula is C17H16O3. The topological polar surface area (TPSA) is 43.4 Å². The number of hydrogen-bond acceptors (Lipinski definition) is 3. The molecular weight excluding hydrogens is 252 g/mol. The van der Waals surface area contributed by atoms with Crippen LogP contribution in [0, 0.1) is 6.92 Å². The van der Waals surface area contributed by atoms with Crippen molar-refractivity contribution in [2.24, 2.45) is 0 Å². The van der Waals surface area contributed by atoms with Crippen molar-refractivity contribution in [3.05, 3.63) is 71.3 Å². The van der Waals surface area contributed by atoms with Crippen LogP contribution in [0.5, 0.6) is 0 Å². The van der Waals surface area contributed by atoms with Gasteiger partial charge in [-0.25, -0.2) is 0 Å². The summed E-state index contributed by atoms with van der Waals surface area (Å²) < 4.78 is 5.20. The van der Waals surface area contributed by atoms with Crippen LogP contribution < -0.4 is 0 Å². The Bertz CT molecular complexity index is 600. The molecule has 102 valence electrons. The summed E-state index contributed by atoms with van der Waals surface area (Å²) >= 11 is 0. The van der Waals surface area contributed by atoms with E-state index in [2.05, 4.69) is 0 Å². The largest absolute Gasteiger partial charge is 0.449 e. The second-order valence-corrected chi connectivity index (χ2v) is 4.63. The van der Waals surface area contributed by atoms with Gasteiger partial charge in [-0.2, -0.15) is 0 Å². The standard InChI is InChI=1S/C17H16O3/c1-12-8-10-15(11-9-12)17(20-13(2)18)16(19)14-6-4-3-5-7-14/h3-11,17H,1-2H3. The second kappa shape index (κ2) is 6.15. The van der Waals surface area contributed by atoms with Crippen LogP contribution in [0.1, 0.15) is 34.5 Å². The SMILES string of the molecule is CC(=O)OC(C(=O)c1ccccc1)c1ccc(C)cc1. The number of aryl methyl sites for hydroxylation is 1. The molecule has 0 aromatic heterocycles. The normalized spacial score (nSPS) is 11.7. The minimum atomic E-state index is -0.893. The summed E-state index contributed by atoms with van der Waals surface area (Å²) in [5, 5.41) is 0. The van der Waals surface area contributed by atoms with Gasteiger partial charge in [-0.15, -0.1) is 0 Å². The van der Waals surface area contributed by atoms with Gasteiger partial charge < -0.3 is 4.74 Å². The summed E-state index contributed by atoms with van der Waals surface area (Å²) in [6.07, 6.45) is -0.893. The predicted molar refractivity (Wildman–Crippen MR) is 76.5 cm³/mol. The van der Waals surface area contributed by atoms with E-state index in [1.165, 1.54) is 6.92 Å². The van der Waals surface area contributed by atoms with Gasteiger partial charge in [0.25, 0.3) is 0 Å². The molecule has 0 aliphatic rings. The van der Waals surface area contributed by atoms with Crippen molar-refractivity contribution < 1.29 is 14.3 Å². The van der Waals surface area contributed by atoms with Gasteiger partial charge in [0.2, 0.25) is 5.78 Å². The summed E-state index contributed by atoms with van der Waals surface area (Å²) in [5.74, 6) is -0.690. The van der Waals surface area contributed by atoms with Gasteiger partial charge in [-0.1, -0.05) is 60.2 Å². The summed E-state index contributed by atoms with van der Waals surface area (Å²) in [5.41, 5.74) is 2.29. The Labute approximate surface area is 118 Å². The van der Waals surface area contributed by atoms with E-state index in [1.54, 1.807) is 24.3 Å². The maximum absolute atomic E-state index is 12.5. The maximum Gasteiger partial charge on any atom is 0.303 e. The molecule has 2 aromatic carbocycles. The van der Waals surface area contributed by atoms with Crippen molar-refractivity contribution in [3.63, 3.8) is 0 Å². The summed E-state index contributed by atoms with van der Waals surface area (Å²) in [6, 6.07) is 16.2. The van der Waals surface area contributed by atoms with Crippen LogP contribution in [0.3, 0.4) is 0 Å². The molecule has 1 unspecified atom stereocenters. The van der Waals surface area contributed by atoms with Gasteiger partial charge >= 0.3 is 5.97 Å². The Morgan fingerprint density at radius 2 is 1.55 bits per heavy atom. The van der Waals surface area contributed by atoms with E-state index >= 15 is 0 Å². The van der Waals surface area contributed by atoms with Crippen molar-refractivity contribution in [3.8, 4) is 0 Å². The highest BCUT2D eigenvalue weighted by Crippen LogP contribution is 2.23. The molecule has 0 saturated heterocycles. The van der Waals surface area contributed by atoms with Crippen molar-refractivity contribution >= 4 is 11.8 Å². The molecule has 0 heterocycles. The third-order valence-electron chi connectivity index (χ3n) is 2.96. The first-order chi connectivity index (χ1) is 9.58. The monoisotopic (exact) mass is 268 g/mol. The molecule has 0 amide bonds. The smallest absolute Gasteiger partial charge is 0.303 e. The van der Waals surface area contributed by atoms with Crippen molar-refractivity contribution in [1.29, 1.82) is 0 Å². The lowest BCUT2D eigenvalue weighted by atomic mass is 9.99. The number of esters is 1. The van der Waals surface area contributed by atoms with Gasteiger partial charge in [0, 0.05) is 18.1 Å². The van der Waals surface area contributed by atoms with E-state index in [0.29, 0.717) is 11.1 Å².